The van der Waals surface area contributed by atoms with E-state index in [4.69, 9.17) is 0 Å². The zero-order chi connectivity index (χ0) is 19.7. The molecular weight excluding hydrogens is 382 g/mol. The minimum absolute atomic E-state index is 0.0912. The van der Waals surface area contributed by atoms with Crippen LogP contribution in [0.3, 0.4) is 0 Å². The second kappa shape index (κ2) is 7.32. The number of fused-ring (bicyclic) bond motifs is 1. The third-order valence-electron chi connectivity index (χ3n) is 4.69. The van der Waals surface area contributed by atoms with Crippen molar-refractivity contribution >= 4 is 27.2 Å². The van der Waals surface area contributed by atoms with E-state index < -0.39 is 10.0 Å². The number of carbonyl (C=O) groups is 1. The molecule has 3 aromatic heterocycles. The van der Waals surface area contributed by atoms with Gasteiger partial charge >= 0.3 is 6.03 Å². The summed E-state index contributed by atoms with van der Waals surface area (Å²) < 4.78 is 27.8. The lowest BCUT2D eigenvalue weighted by Gasteiger charge is -2.16. The molecule has 148 valence electrons. The summed E-state index contributed by atoms with van der Waals surface area (Å²) in [5.74, 6) is 0.0912. The van der Waals surface area contributed by atoms with Gasteiger partial charge in [-0.05, 0) is 18.9 Å². The molecule has 28 heavy (non-hydrogen) atoms. The summed E-state index contributed by atoms with van der Waals surface area (Å²) in [4.78, 5) is 25.7. The van der Waals surface area contributed by atoms with Gasteiger partial charge < -0.3 is 9.88 Å². The first-order valence-electron chi connectivity index (χ1n) is 9.09. The normalized spacial score (nSPS) is 17.5. The lowest BCUT2D eigenvalue weighted by Crippen LogP contribution is -2.40. The van der Waals surface area contributed by atoms with E-state index in [-0.39, 0.29) is 17.8 Å². The fourth-order valence-electron chi connectivity index (χ4n) is 3.41. The van der Waals surface area contributed by atoms with Crippen molar-refractivity contribution in [3.8, 4) is 11.1 Å². The Bertz CT molecular complexity index is 1100. The van der Waals surface area contributed by atoms with Crippen LogP contribution in [0.15, 0.2) is 31.0 Å². The lowest BCUT2D eigenvalue weighted by molar-refractivity contribution is 0.206. The van der Waals surface area contributed by atoms with Crippen molar-refractivity contribution in [1.82, 2.24) is 34.4 Å². The van der Waals surface area contributed by atoms with E-state index in [2.05, 4.69) is 24.8 Å². The highest BCUT2D eigenvalue weighted by atomic mass is 32.2. The van der Waals surface area contributed by atoms with Crippen molar-refractivity contribution in [2.45, 2.75) is 25.8 Å². The first-order valence-corrected chi connectivity index (χ1v) is 10.7. The number of rotatable bonds is 5. The maximum atomic E-state index is 12.8. The highest BCUT2D eigenvalue weighted by Crippen LogP contribution is 2.25. The molecule has 0 spiro atoms. The molecule has 4 rings (SSSR count). The number of sulfonamides is 1. The number of hydrogen-bond donors (Lipinski definition) is 2. The third kappa shape index (κ3) is 3.62. The molecule has 0 saturated carbocycles. The van der Waals surface area contributed by atoms with Crippen LogP contribution >= 0.6 is 0 Å². The summed E-state index contributed by atoms with van der Waals surface area (Å²) in [6.07, 6.45) is 7.64. The quantitative estimate of drug-likeness (QED) is 0.659. The molecule has 1 atom stereocenters. The standard InChI is InChI=1S/C17H21N7O3S/c1-2-7-28(26,27)22-13-4-6-23(10-13)17(25)24-9-12(8-21-24)14-3-5-18-16-15(14)19-11-20-16/h3,5,8-9,11,13,22H,2,4,6-7,10H2,1H3,(H,18,19,20). The first-order chi connectivity index (χ1) is 13.5. The van der Waals surface area contributed by atoms with Gasteiger partial charge in [-0.3, -0.25) is 0 Å². The number of imidazole rings is 1. The third-order valence-corrected chi connectivity index (χ3v) is 6.33. The smallest absolute Gasteiger partial charge is 0.343 e. The summed E-state index contributed by atoms with van der Waals surface area (Å²) in [6, 6.07) is 1.29. The number of H-pyrrole nitrogens is 1. The number of pyridine rings is 1. The Morgan fingerprint density at radius 1 is 1.39 bits per heavy atom. The van der Waals surface area contributed by atoms with Gasteiger partial charge in [0.1, 0.15) is 0 Å². The van der Waals surface area contributed by atoms with Crippen molar-refractivity contribution in [2.75, 3.05) is 18.8 Å². The molecule has 1 amide bonds. The summed E-state index contributed by atoms with van der Waals surface area (Å²) >= 11 is 0. The summed E-state index contributed by atoms with van der Waals surface area (Å²) in [7, 11) is -3.30. The molecule has 11 heteroatoms. The van der Waals surface area contributed by atoms with Crippen LogP contribution in [0, 0.1) is 0 Å². The van der Waals surface area contributed by atoms with Gasteiger partial charge in [-0.1, -0.05) is 6.92 Å². The van der Waals surface area contributed by atoms with Gasteiger partial charge in [-0.15, -0.1) is 0 Å². The summed E-state index contributed by atoms with van der Waals surface area (Å²) in [5, 5.41) is 4.19. The molecule has 0 radical (unpaired) electrons. The molecule has 0 bridgehead atoms. The van der Waals surface area contributed by atoms with E-state index in [1.807, 2.05) is 13.0 Å². The molecule has 1 unspecified atom stereocenters. The number of nitrogens with zero attached hydrogens (tertiary/aromatic N) is 5. The zero-order valence-electron chi connectivity index (χ0n) is 15.4. The van der Waals surface area contributed by atoms with Crippen LogP contribution in [0.4, 0.5) is 4.79 Å². The van der Waals surface area contributed by atoms with Crippen LogP contribution in [0.25, 0.3) is 22.3 Å². The molecule has 0 aromatic carbocycles. The van der Waals surface area contributed by atoms with Crippen molar-refractivity contribution in [3.63, 3.8) is 0 Å². The number of aromatic nitrogens is 5. The Kier molecular flexibility index (Phi) is 4.85. The van der Waals surface area contributed by atoms with Gasteiger partial charge in [-0.2, -0.15) is 9.78 Å². The van der Waals surface area contributed by atoms with Gasteiger partial charge in [0.25, 0.3) is 0 Å². The Balaban J connectivity index is 1.48. The Labute approximate surface area is 162 Å². The Morgan fingerprint density at radius 3 is 3.07 bits per heavy atom. The van der Waals surface area contributed by atoms with E-state index in [9.17, 15) is 13.2 Å². The van der Waals surface area contributed by atoms with E-state index in [0.717, 1.165) is 16.6 Å². The van der Waals surface area contributed by atoms with Crippen molar-refractivity contribution in [2.24, 2.45) is 0 Å². The minimum atomic E-state index is -3.30. The van der Waals surface area contributed by atoms with Crippen molar-refractivity contribution in [3.05, 3.63) is 31.0 Å². The minimum Gasteiger partial charge on any atom is -0.343 e. The van der Waals surface area contributed by atoms with Crippen LogP contribution in [0.1, 0.15) is 19.8 Å². The number of aromatic amines is 1. The van der Waals surface area contributed by atoms with Gasteiger partial charge in [0.05, 0.1) is 23.8 Å². The second-order valence-electron chi connectivity index (χ2n) is 6.78. The van der Waals surface area contributed by atoms with Crippen LogP contribution in [-0.2, 0) is 10.0 Å². The van der Waals surface area contributed by atoms with Gasteiger partial charge in [0.2, 0.25) is 10.0 Å². The number of nitrogens with one attached hydrogen (secondary N) is 2. The SMILES string of the molecule is CCCS(=O)(=O)NC1CCN(C(=O)n2cc(-c3ccnc4nc[nH]c34)cn2)C1. The molecule has 10 nitrogen and oxygen atoms in total. The second-order valence-corrected chi connectivity index (χ2v) is 8.66. The molecule has 1 aliphatic rings. The number of hydrogen-bond acceptors (Lipinski definition) is 6. The van der Waals surface area contributed by atoms with E-state index >= 15 is 0 Å². The average Bonchev–Trinajstić information content (AvgIpc) is 3.40. The van der Waals surface area contributed by atoms with Gasteiger partial charge in [0.15, 0.2) is 5.65 Å². The van der Waals surface area contributed by atoms with Crippen molar-refractivity contribution in [1.29, 1.82) is 0 Å². The Morgan fingerprint density at radius 2 is 2.25 bits per heavy atom. The molecule has 1 fully saturated rings. The fourth-order valence-corrected chi connectivity index (χ4v) is 4.77. The first kappa shape index (κ1) is 18.6. The predicted molar refractivity (Wildman–Crippen MR) is 103 cm³/mol. The largest absolute Gasteiger partial charge is 0.344 e. The number of carbonyl (C=O) groups excluding carboxylic acids is 1. The number of likely N-dealkylation sites (tertiary alicyclic amines) is 1. The fraction of sp³-hybridized carbons (Fsp3) is 0.412. The van der Waals surface area contributed by atoms with E-state index in [1.165, 1.54) is 4.68 Å². The molecule has 3 aromatic rings. The topological polar surface area (TPSA) is 126 Å². The predicted octanol–water partition coefficient (Wildman–Crippen LogP) is 1.19. The van der Waals surface area contributed by atoms with Crippen LogP contribution in [0.5, 0.6) is 0 Å². The molecule has 1 aliphatic heterocycles. The highest BCUT2D eigenvalue weighted by Gasteiger charge is 2.30. The zero-order valence-corrected chi connectivity index (χ0v) is 16.2. The Hall–Kier alpha value is -2.79. The summed E-state index contributed by atoms with van der Waals surface area (Å²) in [6.45, 7) is 2.63. The van der Waals surface area contributed by atoms with Crippen LogP contribution in [0.2, 0.25) is 0 Å². The van der Waals surface area contributed by atoms with Crippen LogP contribution in [-0.4, -0.2) is 69.0 Å². The maximum Gasteiger partial charge on any atom is 0.344 e. The maximum absolute atomic E-state index is 12.8. The monoisotopic (exact) mass is 403 g/mol. The lowest BCUT2D eigenvalue weighted by atomic mass is 10.1. The van der Waals surface area contributed by atoms with E-state index in [0.29, 0.717) is 31.6 Å². The van der Waals surface area contributed by atoms with Crippen molar-refractivity contribution < 1.29 is 13.2 Å². The highest BCUT2D eigenvalue weighted by molar-refractivity contribution is 7.89. The van der Waals surface area contributed by atoms with Gasteiger partial charge in [0, 0.05) is 42.7 Å². The molecule has 0 aliphatic carbocycles. The molecular formula is C17H21N7O3S. The molecule has 4 heterocycles. The molecule has 1 saturated heterocycles. The molecule has 2 N–H and O–H groups in total. The average molecular weight is 403 g/mol. The van der Waals surface area contributed by atoms with Gasteiger partial charge in [-0.25, -0.2) is 27.9 Å². The van der Waals surface area contributed by atoms with E-state index in [1.54, 1.807) is 29.8 Å². The number of amides is 1. The van der Waals surface area contributed by atoms with Crippen LogP contribution < -0.4 is 4.72 Å². The summed E-state index contributed by atoms with van der Waals surface area (Å²) in [5.41, 5.74) is 3.00.